The summed E-state index contributed by atoms with van der Waals surface area (Å²) in [5.41, 5.74) is 1.30. The van der Waals surface area contributed by atoms with Crippen LogP contribution in [0.25, 0.3) is 11.0 Å². The van der Waals surface area contributed by atoms with Gasteiger partial charge in [0.25, 0.3) is 0 Å². The summed E-state index contributed by atoms with van der Waals surface area (Å²) in [6.45, 7) is 8.23. The van der Waals surface area contributed by atoms with Crippen molar-refractivity contribution in [1.82, 2.24) is 20.2 Å². The molecule has 3 heterocycles. The predicted octanol–water partition coefficient (Wildman–Crippen LogP) is 5.83. The number of hydrogen-bond donors (Lipinski definition) is 1. The minimum absolute atomic E-state index is 0.0342. The van der Waals surface area contributed by atoms with Gasteiger partial charge >= 0.3 is 6.09 Å². The number of alkyl carbamates (subject to hydrolysis) is 1. The Morgan fingerprint density at radius 3 is 2.57 bits per heavy atom. The summed E-state index contributed by atoms with van der Waals surface area (Å²) in [5.74, 6) is -1.29. The molecule has 2 aromatic rings. The van der Waals surface area contributed by atoms with E-state index in [1.54, 1.807) is 27.0 Å². The lowest BCUT2D eigenvalue weighted by atomic mass is 9.87. The fourth-order valence-corrected chi connectivity index (χ4v) is 7.41. The molecule has 46 heavy (non-hydrogen) atoms. The van der Waals surface area contributed by atoms with Gasteiger partial charge in [-0.15, -0.1) is 0 Å². The normalized spacial score (nSPS) is 29.4. The fraction of sp³-hybridized carbons (Fsp3) is 0.686. The molecule has 0 spiro atoms. The first-order valence-corrected chi connectivity index (χ1v) is 16.9. The van der Waals surface area contributed by atoms with Crippen molar-refractivity contribution >= 4 is 28.8 Å². The number of carbonyl (C=O) groups is 3. The van der Waals surface area contributed by atoms with E-state index in [1.165, 1.54) is 4.90 Å². The highest BCUT2D eigenvalue weighted by molar-refractivity contribution is 5.94. The quantitative estimate of drug-likeness (QED) is 0.434. The maximum absolute atomic E-state index is 15.0. The van der Waals surface area contributed by atoms with Crippen LogP contribution in [-0.2, 0) is 20.7 Å². The van der Waals surface area contributed by atoms with Gasteiger partial charge in [0, 0.05) is 12.0 Å². The molecule has 3 aliphatic rings. The van der Waals surface area contributed by atoms with Gasteiger partial charge < -0.3 is 24.4 Å². The molecule has 2 amide bonds. The maximum Gasteiger partial charge on any atom is 0.408 e. The van der Waals surface area contributed by atoms with Crippen molar-refractivity contribution in [3.63, 3.8) is 0 Å². The van der Waals surface area contributed by atoms with Crippen LogP contribution < -0.4 is 14.8 Å². The molecule has 2 fully saturated rings. The molecule has 252 valence electrons. The lowest BCUT2D eigenvalue weighted by Gasteiger charge is -2.34. The summed E-state index contributed by atoms with van der Waals surface area (Å²) < 4.78 is 33.0. The van der Waals surface area contributed by atoms with Gasteiger partial charge in [-0.3, -0.25) is 14.0 Å². The van der Waals surface area contributed by atoms with Crippen molar-refractivity contribution in [3.8, 4) is 11.6 Å². The van der Waals surface area contributed by atoms with Crippen LogP contribution in [0.4, 0.5) is 9.18 Å². The standard InChI is InChI=1S/C35H49FN4O6/c1-20(2)29-33(42)40-19-28(24(18-36)30(40)31(41)21(3)4)45-32-26(37-25-15-14-23(44-6)17-27(25)38-32)13-9-7-8-11-22-12-10-16-35(22,5)46-34(43)39-29/h14-15,17,20-22,24,28-30H,7-13,16,18-19H2,1-6H3,(H,39,43). The number of alkyl halides is 1. The number of ketones is 1. The van der Waals surface area contributed by atoms with Crippen molar-refractivity contribution in [2.45, 2.75) is 110 Å². The number of hydrogen-bond acceptors (Lipinski definition) is 8. The number of halogens is 1. The summed E-state index contributed by atoms with van der Waals surface area (Å²) >= 11 is 0. The van der Waals surface area contributed by atoms with Gasteiger partial charge in [0.1, 0.15) is 29.2 Å². The molecule has 1 aliphatic carbocycles. The van der Waals surface area contributed by atoms with E-state index in [9.17, 15) is 18.8 Å². The Hall–Kier alpha value is -3.50. The molecular weight excluding hydrogens is 591 g/mol. The Morgan fingerprint density at radius 2 is 1.87 bits per heavy atom. The van der Waals surface area contributed by atoms with Crippen LogP contribution >= 0.6 is 0 Å². The lowest BCUT2D eigenvalue weighted by Crippen LogP contribution is -2.56. The predicted molar refractivity (Wildman–Crippen MR) is 171 cm³/mol. The number of methoxy groups -OCH3 is 1. The van der Waals surface area contributed by atoms with Gasteiger partial charge in [0.15, 0.2) is 5.78 Å². The minimum Gasteiger partial charge on any atom is -0.497 e. The number of benzene rings is 1. The van der Waals surface area contributed by atoms with E-state index in [-0.39, 0.29) is 30.0 Å². The summed E-state index contributed by atoms with van der Waals surface area (Å²) in [6, 6.07) is 3.43. The summed E-state index contributed by atoms with van der Waals surface area (Å²) in [5, 5.41) is 2.83. The minimum atomic E-state index is -1.06. The molecule has 5 rings (SSSR count). The molecule has 6 atom stereocenters. The summed E-state index contributed by atoms with van der Waals surface area (Å²) in [7, 11) is 1.58. The number of fused-ring (bicyclic) bond motifs is 5. The van der Waals surface area contributed by atoms with Crippen molar-refractivity contribution in [3.05, 3.63) is 23.9 Å². The molecule has 1 saturated heterocycles. The van der Waals surface area contributed by atoms with Gasteiger partial charge in [-0.2, -0.15) is 0 Å². The molecule has 10 nitrogen and oxygen atoms in total. The Morgan fingerprint density at radius 1 is 1.11 bits per heavy atom. The first kappa shape index (κ1) is 33.9. The first-order valence-electron chi connectivity index (χ1n) is 16.9. The second-order valence-electron chi connectivity index (χ2n) is 14.1. The molecule has 1 aromatic heterocycles. The smallest absolute Gasteiger partial charge is 0.408 e. The van der Waals surface area contributed by atoms with Gasteiger partial charge in [-0.05, 0) is 69.4 Å². The van der Waals surface area contributed by atoms with Crippen molar-refractivity contribution in [1.29, 1.82) is 0 Å². The summed E-state index contributed by atoms with van der Waals surface area (Å²) in [4.78, 5) is 52.4. The Kier molecular flexibility index (Phi) is 10.4. The first-order chi connectivity index (χ1) is 21.9. The van der Waals surface area contributed by atoms with E-state index in [0.717, 1.165) is 44.9 Å². The van der Waals surface area contributed by atoms with Crippen LogP contribution in [0, 0.1) is 23.7 Å². The second-order valence-corrected chi connectivity index (χ2v) is 14.1. The molecule has 2 bridgehead atoms. The Labute approximate surface area is 271 Å². The van der Waals surface area contributed by atoms with Crippen LogP contribution in [0.2, 0.25) is 0 Å². The third-order valence-corrected chi connectivity index (χ3v) is 10.2. The zero-order valence-electron chi connectivity index (χ0n) is 28.0. The monoisotopic (exact) mass is 640 g/mol. The molecule has 2 aliphatic heterocycles. The molecule has 6 unspecified atom stereocenters. The number of rotatable bonds is 5. The third kappa shape index (κ3) is 6.93. The fourth-order valence-electron chi connectivity index (χ4n) is 7.41. The molecule has 1 aromatic carbocycles. The van der Waals surface area contributed by atoms with Crippen LogP contribution in [-0.4, -0.2) is 76.8 Å². The van der Waals surface area contributed by atoms with Gasteiger partial charge in [0.05, 0.1) is 43.3 Å². The van der Waals surface area contributed by atoms with Gasteiger partial charge in [0.2, 0.25) is 11.8 Å². The molecule has 1 N–H and O–H groups in total. The highest BCUT2D eigenvalue weighted by Crippen LogP contribution is 2.42. The van der Waals surface area contributed by atoms with Crippen molar-refractivity contribution < 1.29 is 33.0 Å². The van der Waals surface area contributed by atoms with Crippen LogP contribution in [0.3, 0.4) is 0 Å². The summed E-state index contributed by atoms with van der Waals surface area (Å²) in [6.07, 6.45) is 5.49. The van der Waals surface area contributed by atoms with Gasteiger partial charge in [-0.25, -0.2) is 14.8 Å². The number of aromatic nitrogens is 2. The topological polar surface area (TPSA) is 120 Å². The van der Waals surface area contributed by atoms with Crippen molar-refractivity contribution in [2.24, 2.45) is 23.7 Å². The van der Waals surface area contributed by atoms with E-state index in [1.807, 2.05) is 32.9 Å². The van der Waals surface area contributed by atoms with Crippen LogP contribution in [0.1, 0.15) is 85.3 Å². The zero-order valence-corrected chi connectivity index (χ0v) is 28.0. The lowest BCUT2D eigenvalue weighted by molar-refractivity contribution is -0.142. The van der Waals surface area contributed by atoms with E-state index >= 15 is 0 Å². The second kappa shape index (κ2) is 14.1. The number of amides is 2. The largest absolute Gasteiger partial charge is 0.497 e. The van der Waals surface area contributed by atoms with E-state index < -0.39 is 54.3 Å². The Balaban J connectivity index is 1.57. The molecular formula is C35H49FN4O6. The maximum atomic E-state index is 15.0. The highest BCUT2D eigenvalue weighted by atomic mass is 19.1. The average molecular weight is 641 g/mol. The number of ether oxygens (including phenoxy) is 3. The third-order valence-electron chi connectivity index (χ3n) is 10.2. The number of carbonyl (C=O) groups excluding carboxylic acids is 3. The number of aryl methyl sites for hydroxylation is 1. The Bertz CT molecular complexity index is 1440. The van der Waals surface area contributed by atoms with Crippen LogP contribution in [0.5, 0.6) is 11.6 Å². The number of nitrogens with zero attached hydrogens (tertiary/aromatic N) is 3. The highest BCUT2D eigenvalue weighted by Gasteiger charge is 2.51. The van der Waals surface area contributed by atoms with Crippen LogP contribution in [0.15, 0.2) is 18.2 Å². The van der Waals surface area contributed by atoms with E-state index in [4.69, 9.17) is 24.2 Å². The SMILES string of the molecule is COc1ccc2nc3c(nc2c1)OC1CN(C(=O)C(C(C)C)NC(=O)OC2(C)CCCC2CCCCC3)C(C(=O)C(C)C)C1CF. The number of Topliss-reactive ketones (excluding diaryl/α,β-unsaturated/α-hetero) is 1. The van der Waals surface area contributed by atoms with E-state index in [2.05, 4.69) is 5.32 Å². The molecule has 11 heteroatoms. The van der Waals surface area contributed by atoms with Crippen molar-refractivity contribution in [2.75, 3.05) is 20.3 Å². The van der Waals surface area contributed by atoms with Gasteiger partial charge in [-0.1, -0.05) is 40.5 Å². The molecule has 1 saturated carbocycles. The number of nitrogens with one attached hydrogen (secondary N) is 1. The average Bonchev–Trinajstić information content (AvgIpc) is 3.57. The zero-order chi connectivity index (χ0) is 33.2. The van der Waals surface area contributed by atoms with E-state index in [0.29, 0.717) is 28.9 Å². The molecule has 0 radical (unpaired) electrons.